The molecule has 0 rings (SSSR count). The Morgan fingerprint density at radius 1 is 0.684 bits per heavy atom. The van der Waals surface area contributed by atoms with Crippen LogP contribution in [0.15, 0.2) is 10.2 Å². The quantitative estimate of drug-likeness (QED) is 0.302. The summed E-state index contributed by atoms with van der Waals surface area (Å²) in [6.07, 6.45) is 12.6. The number of hydrogen-bond acceptors (Lipinski definition) is 0. The van der Waals surface area contributed by atoms with E-state index < -0.39 is 18.4 Å². The molecule has 0 spiro atoms. The van der Waals surface area contributed by atoms with E-state index in [2.05, 4.69) is 34.3 Å². The molecule has 0 aliphatic heterocycles. The van der Waals surface area contributed by atoms with Crippen LogP contribution in [0.25, 0.3) is 0 Å². The van der Waals surface area contributed by atoms with Crippen molar-refractivity contribution in [3.05, 3.63) is 10.2 Å². The number of rotatable bonds is 13. The van der Waals surface area contributed by atoms with Gasteiger partial charge in [0.1, 0.15) is 0 Å². The summed E-state index contributed by atoms with van der Waals surface area (Å²) >= 11 is -2.04. The number of hydrogen-bond donors (Lipinski definition) is 0. The predicted molar refractivity (Wildman–Crippen MR) is 93.6 cm³/mol. The summed E-state index contributed by atoms with van der Waals surface area (Å²) in [6.45, 7) is 14.0. The summed E-state index contributed by atoms with van der Waals surface area (Å²) < 4.78 is 6.56. The molecule has 19 heavy (non-hydrogen) atoms. The zero-order valence-corrected chi connectivity index (χ0v) is 17.0. The van der Waals surface area contributed by atoms with Gasteiger partial charge in [0.15, 0.2) is 0 Å². The Labute approximate surface area is 127 Å². The Morgan fingerprint density at radius 2 is 1.05 bits per heavy atom. The van der Waals surface area contributed by atoms with E-state index in [1.165, 1.54) is 57.8 Å². The van der Waals surface area contributed by atoms with Crippen LogP contribution in [0, 0.1) is 0 Å². The average Bonchev–Trinajstić information content (AvgIpc) is 2.44. The van der Waals surface area contributed by atoms with Gasteiger partial charge >= 0.3 is 127 Å². The van der Waals surface area contributed by atoms with Crippen molar-refractivity contribution in [2.45, 2.75) is 98.8 Å². The van der Waals surface area contributed by atoms with Crippen LogP contribution in [0.1, 0.15) is 85.5 Å². The first-order chi connectivity index (χ1) is 9.16. The summed E-state index contributed by atoms with van der Waals surface area (Å²) in [5.41, 5.74) is 0. The van der Waals surface area contributed by atoms with E-state index in [-0.39, 0.29) is 0 Å². The Balaban J connectivity index is 4.79. The van der Waals surface area contributed by atoms with Crippen molar-refractivity contribution >= 4 is 18.4 Å². The molecule has 0 fully saturated rings. The molecule has 0 saturated carbocycles. The van der Waals surface area contributed by atoms with Gasteiger partial charge < -0.3 is 0 Å². The van der Waals surface area contributed by atoms with Gasteiger partial charge in [-0.2, -0.15) is 0 Å². The van der Waals surface area contributed by atoms with Crippen LogP contribution in [0.2, 0.25) is 13.3 Å². The molecule has 0 aliphatic carbocycles. The molecule has 0 radical (unpaired) electrons. The molecule has 0 aromatic rings. The summed E-state index contributed by atoms with van der Waals surface area (Å²) in [6, 6.07) is 0. The van der Waals surface area contributed by atoms with Crippen molar-refractivity contribution < 1.29 is 0 Å². The molecule has 1 heteroatoms. The van der Waals surface area contributed by atoms with Crippen molar-refractivity contribution in [3.8, 4) is 0 Å². The van der Waals surface area contributed by atoms with Gasteiger partial charge in [-0.3, -0.25) is 0 Å². The van der Waals surface area contributed by atoms with Gasteiger partial charge in [0.25, 0.3) is 0 Å². The van der Waals surface area contributed by atoms with Gasteiger partial charge in [-0.1, -0.05) is 0 Å². The van der Waals surface area contributed by atoms with Gasteiger partial charge in [-0.15, -0.1) is 0 Å². The third-order valence-corrected chi connectivity index (χ3v) is 20.8. The first kappa shape index (κ1) is 19.5. The third kappa shape index (κ3) is 7.77. The van der Waals surface area contributed by atoms with E-state index >= 15 is 0 Å². The van der Waals surface area contributed by atoms with Gasteiger partial charge in [0.2, 0.25) is 0 Å². The molecule has 0 aromatic carbocycles. The zero-order chi connectivity index (χ0) is 14.6. The van der Waals surface area contributed by atoms with E-state index in [1.807, 2.05) is 0 Å². The van der Waals surface area contributed by atoms with Crippen molar-refractivity contribution in [1.82, 2.24) is 0 Å². The van der Waals surface area contributed by atoms with Crippen LogP contribution in [-0.4, -0.2) is 18.4 Å². The summed E-state index contributed by atoms with van der Waals surface area (Å²) in [4.78, 5) is 0. The normalized spacial score (nSPS) is 11.8. The molecule has 0 N–H and O–H groups in total. The second-order valence-corrected chi connectivity index (χ2v) is 19.9. The Bertz CT molecular complexity index is 198. The fourth-order valence-electron chi connectivity index (χ4n) is 3.11. The fraction of sp³-hybridized carbons (Fsp3) is 0.889. The Kier molecular flexibility index (Phi) is 12.6. The predicted octanol–water partition coefficient (Wildman–Crippen LogP) is 7.12. The first-order valence-electron chi connectivity index (χ1n) is 8.85. The SMILES string of the molecule is C=[C](CCCC)[Sn]([CH2]CCC)([CH2]CCC)[CH2]CCC. The molecular formula is C18H38Sn. The van der Waals surface area contributed by atoms with Crippen LogP contribution in [-0.2, 0) is 0 Å². The summed E-state index contributed by atoms with van der Waals surface area (Å²) in [5, 5.41) is 0. The van der Waals surface area contributed by atoms with Crippen LogP contribution in [0.3, 0.4) is 0 Å². The number of unbranched alkanes of at least 4 members (excludes halogenated alkanes) is 4. The van der Waals surface area contributed by atoms with Crippen LogP contribution in [0.5, 0.6) is 0 Å². The molecule has 0 bridgehead atoms. The second-order valence-electron chi connectivity index (χ2n) is 6.30. The minimum absolute atomic E-state index is 1.33. The molecule has 0 aromatic heterocycles. The van der Waals surface area contributed by atoms with Gasteiger partial charge in [0.05, 0.1) is 0 Å². The Morgan fingerprint density at radius 3 is 1.37 bits per heavy atom. The number of allylic oxidation sites excluding steroid dienone is 1. The molecule has 0 nitrogen and oxygen atoms in total. The molecule has 0 aliphatic rings. The van der Waals surface area contributed by atoms with Gasteiger partial charge in [-0.25, -0.2) is 0 Å². The molecule has 0 saturated heterocycles. The van der Waals surface area contributed by atoms with E-state index in [9.17, 15) is 0 Å². The van der Waals surface area contributed by atoms with Crippen LogP contribution >= 0.6 is 0 Å². The zero-order valence-electron chi connectivity index (χ0n) is 14.2. The minimum atomic E-state index is -2.04. The van der Waals surface area contributed by atoms with E-state index in [4.69, 9.17) is 0 Å². The average molecular weight is 373 g/mol. The van der Waals surface area contributed by atoms with Crippen molar-refractivity contribution in [1.29, 1.82) is 0 Å². The topological polar surface area (TPSA) is 0 Å². The standard InChI is InChI=1S/C6H11.3C4H9.Sn/c1-3-5-6-4-2;3*1-3-4-2;/h1,4-6H2,2H3;3*1,3-4H2,2H3;. The van der Waals surface area contributed by atoms with Crippen LogP contribution in [0.4, 0.5) is 0 Å². The molecular weight excluding hydrogens is 335 g/mol. The monoisotopic (exact) mass is 374 g/mol. The maximum atomic E-state index is 4.62. The molecule has 0 atom stereocenters. The Hall–Kier alpha value is 0.539. The van der Waals surface area contributed by atoms with Gasteiger partial charge in [0, 0.05) is 0 Å². The second kappa shape index (κ2) is 12.3. The van der Waals surface area contributed by atoms with Crippen molar-refractivity contribution in [2.24, 2.45) is 0 Å². The molecule has 114 valence electrons. The van der Waals surface area contributed by atoms with E-state index in [0.29, 0.717) is 0 Å². The van der Waals surface area contributed by atoms with Gasteiger partial charge in [-0.05, 0) is 0 Å². The summed E-state index contributed by atoms with van der Waals surface area (Å²) in [7, 11) is 0. The van der Waals surface area contributed by atoms with Crippen LogP contribution < -0.4 is 0 Å². The molecule has 0 unspecified atom stereocenters. The van der Waals surface area contributed by atoms with E-state index in [0.717, 1.165) is 0 Å². The summed E-state index contributed by atoms with van der Waals surface area (Å²) in [5.74, 6) is 0. The van der Waals surface area contributed by atoms with Crippen molar-refractivity contribution in [2.75, 3.05) is 0 Å². The fourth-order valence-corrected chi connectivity index (χ4v) is 19.1. The third-order valence-electron chi connectivity index (χ3n) is 4.61. The molecule has 0 amide bonds. The first-order valence-corrected chi connectivity index (χ1v) is 16.3. The maximum absolute atomic E-state index is 4.62. The van der Waals surface area contributed by atoms with Crippen molar-refractivity contribution in [3.63, 3.8) is 0 Å². The van der Waals surface area contributed by atoms with E-state index in [1.54, 1.807) is 16.9 Å². The molecule has 0 heterocycles.